The third-order valence-corrected chi connectivity index (χ3v) is 4.18. The number of hydrogen-bond donors (Lipinski definition) is 2. The zero-order valence-electron chi connectivity index (χ0n) is 14.3. The standard InChI is InChI=1S/C19H15N5O3/c1-23-15-11-20-18(21-13-7-5-6-12(10-13)17(25)26)22-16(15)24(19(23)27)14-8-3-2-4-9-14/h2-11H,1H3,(H,25,26)(H,20,21,22). The highest BCUT2D eigenvalue weighted by molar-refractivity contribution is 5.89. The normalized spacial score (nSPS) is 10.9. The third-order valence-electron chi connectivity index (χ3n) is 4.18. The van der Waals surface area contributed by atoms with Crippen molar-refractivity contribution < 1.29 is 9.90 Å². The molecule has 0 radical (unpaired) electrons. The molecule has 0 aliphatic rings. The zero-order chi connectivity index (χ0) is 19.0. The highest BCUT2D eigenvalue weighted by Crippen LogP contribution is 2.19. The van der Waals surface area contributed by atoms with Crippen LogP contribution in [-0.4, -0.2) is 30.2 Å². The number of carboxylic acid groups (broad SMARTS) is 1. The molecule has 0 atom stereocenters. The lowest BCUT2D eigenvalue weighted by Crippen LogP contribution is -2.20. The summed E-state index contributed by atoms with van der Waals surface area (Å²) in [6.07, 6.45) is 1.56. The summed E-state index contributed by atoms with van der Waals surface area (Å²) in [6.45, 7) is 0. The Morgan fingerprint density at radius 3 is 2.63 bits per heavy atom. The first kappa shape index (κ1) is 16.5. The number of aromatic nitrogens is 4. The van der Waals surface area contributed by atoms with Gasteiger partial charge in [-0.15, -0.1) is 0 Å². The van der Waals surface area contributed by atoms with Gasteiger partial charge in [0, 0.05) is 12.7 Å². The van der Waals surface area contributed by atoms with Crippen molar-refractivity contribution in [3.05, 3.63) is 76.8 Å². The molecule has 2 heterocycles. The van der Waals surface area contributed by atoms with E-state index in [-0.39, 0.29) is 17.2 Å². The molecule has 0 aliphatic heterocycles. The average Bonchev–Trinajstić information content (AvgIpc) is 2.93. The zero-order valence-corrected chi connectivity index (χ0v) is 14.3. The predicted molar refractivity (Wildman–Crippen MR) is 101 cm³/mol. The van der Waals surface area contributed by atoms with E-state index in [0.29, 0.717) is 22.5 Å². The van der Waals surface area contributed by atoms with Crippen LogP contribution in [0, 0.1) is 0 Å². The Hall–Kier alpha value is -3.94. The van der Waals surface area contributed by atoms with Crippen molar-refractivity contribution in [2.75, 3.05) is 5.32 Å². The summed E-state index contributed by atoms with van der Waals surface area (Å²) in [6, 6.07) is 15.6. The topological polar surface area (TPSA) is 102 Å². The second-order valence-corrected chi connectivity index (χ2v) is 5.93. The van der Waals surface area contributed by atoms with Crippen LogP contribution in [0.5, 0.6) is 0 Å². The van der Waals surface area contributed by atoms with Crippen molar-refractivity contribution in [3.8, 4) is 5.69 Å². The maximum Gasteiger partial charge on any atom is 0.335 e. The van der Waals surface area contributed by atoms with Gasteiger partial charge in [-0.05, 0) is 30.3 Å². The second kappa shape index (κ2) is 6.41. The summed E-state index contributed by atoms with van der Waals surface area (Å²) in [7, 11) is 1.66. The number of aromatic carboxylic acids is 1. The molecule has 0 amide bonds. The smallest absolute Gasteiger partial charge is 0.335 e. The van der Waals surface area contributed by atoms with E-state index >= 15 is 0 Å². The van der Waals surface area contributed by atoms with Gasteiger partial charge in [0.15, 0.2) is 5.65 Å². The van der Waals surface area contributed by atoms with Gasteiger partial charge in [-0.25, -0.2) is 19.1 Å². The van der Waals surface area contributed by atoms with Crippen molar-refractivity contribution in [1.29, 1.82) is 0 Å². The van der Waals surface area contributed by atoms with E-state index in [9.17, 15) is 9.59 Å². The van der Waals surface area contributed by atoms with Crippen molar-refractivity contribution in [2.45, 2.75) is 0 Å². The number of para-hydroxylation sites is 1. The minimum absolute atomic E-state index is 0.155. The van der Waals surface area contributed by atoms with Crippen LogP contribution in [0.4, 0.5) is 11.6 Å². The Balaban J connectivity index is 1.82. The van der Waals surface area contributed by atoms with E-state index in [0.717, 1.165) is 0 Å². The van der Waals surface area contributed by atoms with Gasteiger partial charge in [-0.2, -0.15) is 4.98 Å². The molecule has 0 fully saturated rings. The summed E-state index contributed by atoms with van der Waals surface area (Å²) >= 11 is 0. The van der Waals surface area contributed by atoms with Crippen LogP contribution in [-0.2, 0) is 7.05 Å². The number of benzene rings is 2. The lowest BCUT2D eigenvalue weighted by molar-refractivity contribution is 0.0697. The van der Waals surface area contributed by atoms with Gasteiger partial charge in [0.2, 0.25) is 5.95 Å². The Labute approximate surface area is 153 Å². The SMILES string of the molecule is Cn1c(=O)n(-c2ccccc2)c2nc(Nc3cccc(C(=O)O)c3)ncc21. The molecule has 0 bridgehead atoms. The fourth-order valence-electron chi connectivity index (χ4n) is 2.84. The lowest BCUT2D eigenvalue weighted by Gasteiger charge is -2.07. The molecular formula is C19H15N5O3. The highest BCUT2D eigenvalue weighted by Gasteiger charge is 2.15. The van der Waals surface area contributed by atoms with E-state index < -0.39 is 5.97 Å². The monoisotopic (exact) mass is 361 g/mol. The van der Waals surface area contributed by atoms with Crippen LogP contribution >= 0.6 is 0 Å². The Morgan fingerprint density at radius 1 is 1.11 bits per heavy atom. The molecule has 0 saturated carbocycles. The van der Waals surface area contributed by atoms with Crippen LogP contribution in [0.25, 0.3) is 16.9 Å². The second-order valence-electron chi connectivity index (χ2n) is 5.93. The van der Waals surface area contributed by atoms with Gasteiger partial charge < -0.3 is 10.4 Å². The van der Waals surface area contributed by atoms with Gasteiger partial charge in [-0.3, -0.25) is 4.57 Å². The summed E-state index contributed by atoms with van der Waals surface area (Å²) in [5.74, 6) is -0.753. The highest BCUT2D eigenvalue weighted by atomic mass is 16.4. The van der Waals surface area contributed by atoms with Crippen LogP contribution in [0.15, 0.2) is 65.6 Å². The number of nitrogens with one attached hydrogen (secondary N) is 1. The molecule has 4 rings (SSSR count). The molecular weight excluding hydrogens is 346 g/mol. The molecule has 27 heavy (non-hydrogen) atoms. The number of hydrogen-bond acceptors (Lipinski definition) is 5. The van der Waals surface area contributed by atoms with E-state index in [4.69, 9.17) is 5.11 Å². The van der Waals surface area contributed by atoms with Gasteiger partial charge in [0.1, 0.15) is 5.52 Å². The number of carboxylic acids is 1. The summed E-state index contributed by atoms with van der Waals surface area (Å²) in [5, 5.41) is 12.1. The number of fused-ring (bicyclic) bond motifs is 1. The molecule has 0 aliphatic carbocycles. The fourth-order valence-corrected chi connectivity index (χ4v) is 2.84. The lowest BCUT2D eigenvalue weighted by atomic mass is 10.2. The molecule has 2 aromatic heterocycles. The summed E-state index contributed by atoms with van der Waals surface area (Å²) in [5.41, 5.74) is 2.22. The van der Waals surface area contributed by atoms with E-state index in [1.165, 1.54) is 21.3 Å². The Bertz CT molecular complexity index is 1210. The average molecular weight is 361 g/mol. The number of rotatable bonds is 4. The number of imidazole rings is 1. The molecule has 2 aromatic carbocycles. The first-order valence-corrected chi connectivity index (χ1v) is 8.15. The number of anilines is 2. The van der Waals surface area contributed by atoms with E-state index in [1.807, 2.05) is 30.3 Å². The minimum Gasteiger partial charge on any atom is -0.478 e. The van der Waals surface area contributed by atoms with Crippen LogP contribution < -0.4 is 11.0 Å². The quantitative estimate of drug-likeness (QED) is 0.579. The van der Waals surface area contributed by atoms with Gasteiger partial charge in [0.25, 0.3) is 0 Å². The largest absolute Gasteiger partial charge is 0.478 e. The Morgan fingerprint density at radius 2 is 1.89 bits per heavy atom. The first-order chi connectivity index (χ1) is 13.0. The maximum atomic E-state index is 12.7. The van der Waals surface area contributed by atoms with Crippen molar-refractivity contribution in [2.24, 2.45) is 7.05 Å². The summed E-state index contributed by atoms with van der Waals surface area (Å²) < 4.78 is 2.99. The molecule has 0 spiro atoms. The van der Waals surface area contributed by atoms with Gasteiger partial charge >= 0.3 is 11.7 Å². The van der Waals surface area contributed by atoms with Crippen LogP contribution in [0.1, 0.15) is 10.4 Å². The maximum absolute atomic E-state index is 12.7. The molecule has 0 saturated heterocycles. The molecule has 8 heteroatoms. The van der Waals surface area contributed by atoms with Crippen LogP contribution in [0.2, 0.25) is 0 Å². The molecule has 8 nitrogen and oxygen atoms in total. The van der Waals surface area contributed by atoms with Gasteiger partial charge in [-0.1, -0.05) is 24.3 Å². The molecule has 0 unspecified atom stereocenters. The predicted octanol–water partition coefficient (Wildman–Crippen LogP) is 2.56. The fraction of sp³-hybridized carbons (Fsp3) is 0.0526. The van der Waals surface area contributed by atoms with Crippen molar-refractivity contribution >= 4 is 28.8 Å². The third kappa shape index (κ3) is 2.93. The van der Waals surface area contributed by atoms with Crippen LogP contribution in [0.3, 0.4) is 0 Å². The summed E-state index contributed by atoms with van der Waals surface area (Å²) in [4.78, 5) is 32.5. The molecule has 4 aromatic rings. The first-order valence-electron chi connectivity index (χ1n) is 8.15. The number of aryl methyl sites for hydroxylation is 1. The Kier molecular flexibility index (Phi) is 3.92. The number of nitrogens with zero attached hydrogens (tertiary/aromatic N) is 4. The van der Waals surface area contributed by atoms with Crippen molar-refractivity contribution in [3.63, 3.8) is 0 Å². The van der Waals surface area contributed by atoms with E-state index in [2.05, 4.69) is 15.3 Å². The van der Waals surface area contributed by atoms with Crippen molar-refractivity contribution in [1.82, 2.24) is 19.1 Å². The minimum atomic E-state index is -1.02. The number of carbonyl (C=O) groups is 1. The van der Waals surface area contributed by atoms with Gasteiger partial charge in [0.05, 0.1) is 17.4 Å². The van der Waals surface area contributed by atoms with E-state index in [1.54, 1.807) is 25.4 Å². The molecule has 2 N–H and O–H groups in total. The molecule has 134 valence electrons.